The van der Waals surface area contributed by atoms with Gasteiger partial charge in [0.1, 0.15) is 24.1 Å². The second kappa shape index (κ2) is 13.2. The number of sulfonamides is 1. The van der Waals surface area contributed by atoms with Crippen molar-refractivity contribution in [3.05, 3.63) is 52.0 Å². The van der Waals surface area contributed by atoms with E-state index in [9.17, 15) is 18.0 Å². The summed E-state index contributed by atoms with van der Waals surface area (Å²) in [6.45, 7) is 4.73. The van der Waals surface area contributed by atoms with Crippen molar-refractivity contribution >= 4 is 50.7 Å². The number of ether oxygens (including phenoxy) is 2. The molecular formula is C25H33Cl2N3O6S. The summed E-state index contributed by atoms with van der Waals surface area (Å²) in [6.07, 6.45) is 1.69. The van der Waals surface area contributed by atoms with Crippen LogP contribution in [0.1, 0.15) is 32.8 Å². The number of nitrogens with zero attached hydrogens (tertiary/aromatic N) is 2. The Hall–Kier alpha value is -2.69. The zero-order chi connectivity index (χ0) is 27.9. The first-order chi connectivity index (χ1) is 17.3. The van der Waals surface area contributed by atoms with E-state index in [1.807, 2.05) is 13.8 Å². The van der Waals surface area contributed by atoms with E-state index in [0.29, 0.717) is 27.8 Å². The minimum Gasteiger partial charge on any atom is -0.497 e. The summed E-state index contributed by atoms with van der Waals surface area (Å²) >= 11 is 12.4. The van der Waals surface area contributed by atoms with Crippen molar-refractivity contribution in [1.82, 2.24) is 10.2 Å². The molecule has 1 N–H and O–H groups in total. The van der Waals surface area contributed by atoms with Gasteiger partial charge in [-0.15, -0.1) is 0 Å². The van der Waals surface area contributed by atoms with Crippen molar-refractivity contribution < 1.29 is 27.5 Å². The van der Waals surface area contributed by atoms with Crippen LogP contribution in [0.5, 0.6) is 11.5 Å². The Labute approximate surface area is 228 Å². The molecule has 2 aromatic carbocycles. The lowest BCUT2D eigenvalue weighted by Crippen LogP contribution is -2.52. The van der Waals surface area contributed by atoms with Crippen molar-refractivity contribution in [1.29, 1.82) is 0 Å². The molecule has 0 saturated heterocycles. The van der Waals surface area contributed by atoms with Crippen LogP contribution in [0.3, 0.4) is 0 Å². The minimum absolute atomic E-state index is 0.0449. The van der Waals surface area contributed by atoms with Crippen LogP contribution < -0.4 is 19.1 Å². The topological polar surface area (TPSA) is 105 Å². The Bertz CT molecular complexity index is 1220. The fraction of sp³-hybridized carbons (Fsp3) is 0.440. The highest BCUT2D eigenvalue weighted by molar-refractivity contribution is 7.92. The molecule has 2 atom stereocenters. The highest BCUT2D eigenvalue weighted by Crippen LogP contribution is 2.34. The molecule has 0 unspecified atom stereocenters. The van der Waals surface area contributed by atoms with Crippen molar-refractivity contribution in [3.8, 4) is 11.5 Å². The Morgan fingerprint density at radius 2 is 1.73 bits per heavy atom. The first kappa shape index (κ1) is 30.5. The highest BCUT2D eigenvalue weighted by Gasteiger charge is 2.32. The zero-order valence-electron chi connectivity index (χ0n) is 21.7. The van der Waals surface area contributed by atoms with Gasteiger partial charge in [-0.1, -0.05) is 36.2 Å². The fourth-order valence-corrected chi connectivity index (χ4v) is 4.78. The molecule has 0 radical (unpaired) electrons. The third kappa shape index (κ3) is 8.15. The van der Waals surface area contributed by atoms with E-state index in [2.05, 4.69) is 5.32 Å². The molecule has 0 aromatic heterocycles. The molecule has 12 heteroatoms. The van der Waals surface area contributed by atoms with Crippen LogP contribution in [-0.4, -0.2) is 64.2 Å². The lowest BCUT2D eigenvalue weighted by molar-refractivity contribution is -0.139. The van der Waals surface area contributed by atoms with Crippen LogP contribution in [0.15, 0.2) is 36.4 Å². The summed E-state index contributed by atoms with van der Waals surface area (Å²) in [7, 11) is -1.12. The lowest BCUT2D eigenvalue weighted by Gasteiger charge is -2.32. The van der Waals surface area contributed by atoms with E-state index in [1.165, 1.54) is 31.3 Å². The number of carbonyl (C=O) groups excluding carboxylic acids is 2. The second-order valence-electron chi connectivity index (χ2n) is 8.56. The first-order valence-corrected chi connectivity index (χ1v) is 14.2. The summed E-state index contributed by atoms with van der Waals surface area (Å²) in [5, 5.41) is 3.60. The van der Waals surface area contributed by atoms with Gasteiger partial charge >= 0.3 is 0 Å². The van der Waals surface area contributed by atoms with E-state index in [0.717, 1.165) is 10.6 Å². The summed E-state index contributed by atoms with van der Waals surface area (Å²) < 4.78 is 37.2. The number of halogens is 2. The maximum Gasteiger partial charge on any atom is 0.244 e. The number of hydrogen-bond donors (Lipinski definition) is 1. The van der Waals surface area contributed by atoms with Gasteiger partial charge in [0, 0.05) is 28.7 Å². The standard InChI is InChI=1S/C25H33Cl2N3O6S/c1-7-16(2)28-25(32)17(3)29(14-18-8-9-19(26)12-21(18)27)24(31)15-30(37(6,33)34)22-13-20(35-4)10-11-23(22)36-5/h8-13,16-17H,7,14-15H2,1-6H3,(H,28,32)/t16-,17+/m0/s1. The maximum atomic E-state index is 13.7. The van der Waals surface area contributed by atoms with Crippen LogP contribution in [-0.2, 0) is 26.2 Å². The maximum absolute atomic E-state index is 13.7. The van der Waals surface area contributed by atoms with Crippen LogP contribution in [0.2, 0.25) is 10.0 Å². The molecule has 2 aromatic rings. The molecule has 0 aliphatic heterocycles. The van der Waals surface area contributed by atoms with E-state index in [1.54, 1.807) is 31.2 Å². The predicted molar refractivity (Wildman–Crippen MR) is 146 cm³/mol. The van der Waals surface area contributed by atoms with Gasteiger partial charge in [-0.2, -0.15) is 0 Å². The Morgan fingerprint density at radius 3 is 2.27 bits per heavy atom. The largest absolute Gasteiger partial charge is 0.497 e. The molecule has 2 rings (SSSR count). The van der Waals surface area contributed by atoms with Crippen molar-refractivity contribution in [2.75, 3.05) is 31.3 Å². The van der Waals surface area contributed by atoms with Gasteiger partial charge in [0.05, 0.1) is 26.2 Å². The predicted octanol–water partition coefficient (Wildman–Crippen LogP) is 4.11. The average molecular weight is 575 g/mol. The van der Waals surface area contributed by atoms with Gasteiger partial charge in [0.2, 0.25) is 21.8 Å². The van der Waals surface area contributed by atoms with Gasteiger partial charge in [-0.05, 0) is 50.1 Å². The summed E-state index contributed by atoms with van der Waals surface area (Å²) in [4.78, 5) is 28.0. The smallest absolute Gasteiger partial charge is 0.244 e. The Kier molecular flexibility index (Phi) is 10.9. The first-order valence-electron chi connectivity index (χ1n) is 11.6. The van der Waals surface area contributed by atoms with Gasteiger partial charge in [-0.3, -0.25) is 13.9 Å². The molecule has 0 heterocycles. The molecule has 9 nitrogen and oxygen atoms in total. The number of hydrogen-bond acceptors (Lipinski definition) is 6. The Morgan fingerprint density at radius 1 is 1.05 bits per heavy atom. The SMILES string of the molecule is CC[C@H](C)NC(=O)[C@@H](C)N(Cc1ccc(Cl)cc1Cl)C(=O)CN(c1cc(OC)ccc1OC)S(C)(=O)=O. The molecule has 0 fully saturated rings. The quantitative estimate of drug-likeness (QED) is 0.409. The number of anilines is 1. The molecule has 37 heavy (non-hydrogen) atoms. The molecule has 0 bridgehead atoms. The van der Waals surface area contributed by atoms with Crippen LogP contribution >= 0.6 is 23.2 Å². The lowest BCUT2D eigenvalue weighted by atomic mass is 10.1. The van der Waals surface area contributed by atoms with Gasteiger partial charge in [0.15, 0.2) is 0 Å². The zero-order valence-corrected chi connectivity index (χ0v) is 24.1. The van der Waals surface area contributed by atoms with Crippen molar-refractivity contribution in [2.45, 2.75) is 45.8 Å². The second-order valence-corrected chi connectivity index (χ2v) is 11.3. The average Bonchev–Trinajstić information content (AvgIpc) is 2.85. The number of benzene rings is 2. The number of rotatable bonds is 12. The van der Waals surface area contributed by atoms with Gasteiger partial charge < -0.3 is 19.7 Å². The number of nitrogens with one attached hydrogen (secondary N) is 1. The monoisotopic (exact) mass is 573 g/mol. The normalized spacial score (nSPS) is 12.9. The summed E-state index contributed by atoms with van der Waals surface area (Å²) in [5.41, 5.74) is 0.673. The highest BCUT2D eigenvalue weighted by atomic mass is 35.5. The molecule has 0 spiro atoms. The van der Waals surface area contributed by atoms with E-state index < -0.39 is 28.5 Å². The van der Waals surface area contributed by atoms with E-state index in [4.69, 9.17) is 32.7 Å². The summed E-state index contributed by atoms with van der Waals surface area (Å²) in [6, 6.07) is 8.40. The van der Waals surface area contributed by atoms with Crippen molar-refractivity contribution in [2.24, 2.45) is 0 Å². The van der Waals surface area contributed by atoms with Crippen LogP contribution in [0.25, 0.3) is 0 Å². The van der Waals surface area contributed by atoms with Gasteiger partial charge in [0.25, 0.3) is 0 Å². The van der Waals surface area contributed by atoms with Crippen LogP contribution in [0.4, 0.5) is 5.69 Å². The van der Waals surface area contributed by atoms with E-state index in [-0.39, 0.29) is 29.9 Å². The fourth-order valence-electron chi connectivity index (χ4n) is 3.47. The van der Waals surface area contributed by atoms with Crippen LogP contribution in [0, 0.1) is 0 Å². The molecule has 0 aliphatic rings. The Balaban J connectivity index is 2.51. The molecular weight excluding hydrogens is 541 g/mol. The number of methoxy groups -OCH3 is 2. The molecule has 2 amide bonds. The minimum atomic E-state index is -3.95. The van der Waals surface area contributed by atoms with Gasteiger partial charge in [-0.25, -0.2) is 8.42 Å². The van der Waals surface area contributed by atoms with Crippen molar-refractivity contribution in [3.63, 3.8) is 0 Å². The summed E-state index contributed by atoms with van der Waals surface area (Å²) in [5.74, 6) is -0.386. The molecule has 204 valence electrons. The molecule has 0 aliphatic carbocycles. The number of amides is 2. The number of carbonyl (C=O) groups is 2. The third-order valence-electron chi connectivity index (χ3n) is 5.86. The molecule has 0 saturated carbocycles. The van der Waals surface area contributed by atoms with E-state index >= 15 is 0 Å². The third-order valence-corrected chi connectivity index (χ3v) is 7.57.